The van der Waals surface area contributed by atoms with Crippen LogP contribution < -0.4 is 14.2 Å². The quantitative estimate of drug-likeness (QED) is 0.820. The van der Waals surface area contributed by atoms with Crippen molar-refractivity contribution in [3.63, 3.8) is 0 Å². The second kappa shape index (κ2) is 4.10. The molecule has 0 N–H and O–H groups in total. The summed E-state index contributed by atoms with van der Waals surface area (Å²) >= 11 is 5.71. The van der Waals surface area contributed by atoms with Crippen LogP contribution in [-0.4, -0.2) is 16.8 Å². The standard InChI is InChI=1S/C11H7ClN2O3/c12-10-4-13-5-11(14-10)17-7-1-2-8-9(3-7)16-6-15-8/h1-5H,6H2. The van der Waals surface area contributed by atoms with Gasteiger partial charge in [-0.15, -0.1) is 0 Å². The first kappa shape index (κ1) is 10.2. The zero-order chi connectivity index (χ0) is 11.7. The maximum absolute atomic E-state index is 5.71. The Labute approximate surface area is 102 Å². The minimum absolute atomic E-state index is 0.232. The Morgan fingerprint density at radius 2 is 2.06 bits per heavy atom. The third-order valence-electron chi connectivity index (χ3n) is 2.15. The molecule has 0 fully saturated rings. The summed E-state index contributed by atoms with van der Waals surface area (Å²) in [5, 5.41) is 0.281. The van der Waals surface area contributed by atoms with Gasteiger partial charge in [0.15, 0.2) is 16.7 Å². The Bertz CT molecular complexity index is 562. The lowest BCUT2D eigenvalue weighted by Gasteiger charge is -2.04. The first-order valence-electron chi connectivity index (χ1n) is 4.86. The molecule has 86 valence electrons. The van der Waals surface area contributed by atoms with E-state index in [0.717, 1.165) is 0 Å². The SMILES string of the molecule is Clc1cncc(Oc2ccc3c(c2)OCO3)n1. The van der Waals surface area contributed by atoms with E-state index in [1.165, 1.54) is 12.4 Å². The van der Waals surface area contributed by atoms with Crippen molar-refractivity contribution in [1.82, 2.24) is 9.97 Å². The normalized spacial score (nSPS) is 12.5. The minimum Gasteiger partial charge on any atom is -0.454 e. The average molecular weight is 251 g/mol. The van der Waals surface area contributed by atoms with Crippen molar-refractivity contribution in [2.45, 2.75) is 0 Å². The molecule has 1 aliphatic rings. The second-order valence-electron chi connectivity index (χ2n) is 3.30. The molecule has 1 aromatic carbocycles. The van der Waals surface area contributed by atoms with E-state index in [-0.39, 0.29) is 11.9 Å². The van der Waals surface area contributed by atoms with E-state index in [2.05, 4.69) is 9.97 Å². The number of aromatic nitrogens is 2. The fourth-order valence-corrected chi connectivity index (χ4v) is 1.58. The number of halogens is 1. The highest BCUT2D eigenvalue weighted by Gasteiger charge is 2.14. The third-order valence-corrected chi connectivity index (χ3v) is 2.33. The fraction of sp³-hybridized carbons (Fsp3) is 0.0909. The highest BCUT2D eigenvalue weighted by atomic mass is 35.5. The maximum Gasteiger partial charge on any atom is 0.239 e. The molecule has 0 saturated heterocycles. The van der Waals surface area contributed by atoms with E-state index in [4.69, 9.17) is 25.8 Å². The molecule has 1 aliphatic heterocycles. The van der Waals surface area contributed by atoms with Crippen LogP contribution in [0.4, 0.5) is 0 Å². The Morgan fingerprint density at radius 1 is 1.18 bits per heavy atom. The van der Waals surface area contributed by atoms with E-state index in [9.17, 15) is 0 Å². The summed E-state index contributed by atoms with van der Waals surface area (Å²) in [7, 11) is 0. The van der Waals surface area contributed by atoms with E-state index in [0.29, 0.717) is 23.1 Å². The predicted molar refractivity (Wildman–Crippen MR) is 59.7 cm³/mol. The van der Waals surface area contributed by atoms with Crippen LogP contribution in [0.5, 0.6) is 23.1 Å². The van der Waals surface area contributed by atoms with Crippen LogP contribution in [0.3, 0.4) is 0 Å². The smallest absolute Gasteiger partial charge is 0.239 e. The Balaban J connectivity index is 1.86. The van der Waals surface area contributed by atoms with E-state index < -0.39 is 0 Å². The summed E-state index contributed by atoms with van der Waals surface area (Å²) in [4.78, 5) is 7.85. The molecule has 2 heterocycles. The summed E-state index contributed by atoms with van der Waals surface area (Å²) in [5.74, 6) is 2.27. The molecule has 0 amide bonds. The number of fused-ring (bicyclic) bond motifs is 1. The van der Waals surface area contributed by atoms with Gasteiger partial charge in [-0.2, -0.15) is 4.98 Å². The fourth-order valence-electron chi connectivity index (χ4n) is 1.44. The van der Waals surface area contributed by atoms with Crippen LogP contribution >= 0.6 is 11.6 Å². The Kier molecular flexibility index (Phi) is 2.45. The van der Waals surface area contributed by atoms with Crippen molar-refractivity contribution in [3.05, 3.63) is 35.7 Å². The summed E-state index contributed by atoms with van der Waals surface area (Å²) < 4.78 is 15.9. The number of benzene rings is 1. The Morgan fingerprint density at radius 3 is 2.94 bits per heavy atom. The zero-order valence-corrected chi connectivity index (χ0v) is 9.35. The van der Waals surface area contributed by atoms with Gasteiger partial charge in [-0.3, -0.25) is 4.98 Å². The van der Waals surface area contributed by atoms with Gasteiger partial charge in [-0.05, 0) is 12.1 Å². The third kappa shape index (κ3) is 2.09. The summed E-state index contributed by atoms with van der Waals surface area (Å²) in [6, 6.07) is 5.26. The van der Waals surface area contributed by atoms with Crippen molar-refractivity contribution in [1.29, 1.82) is 0 Å². The monoisotopic (exact) mass is 250 g/mol. The molecule has 0 bridgehead atoms. The van der Waals surface area contributed by atoms with Gasteiger partial charge in [-0.25, -0.2) is 0 Å². The molecule has 1 aromatic heterocycles. The summed E-state index contributed by atoms with van der Waals surface area (Å²) in [5.41, 5.74) is 0. The largest absolute Gasteiger partial charge is 0.454 e. The number of ether oxygens (including phenoxy) is 3. The first-order chi connectivity index (χ1) is 8.31. The van der Waals surface area contributed by atoms with Gasteiger partial charge in [0.2, 0.25) is 12.7 Å². The van der Waals surface area contributed by atoms with Crippen molar-refractivity contribution < 1.29 is 14.2 Å². The zero-order valence-electron chi connectivity index (χ0n) is 8.59. The van der Waals surface area contributed by atoms with Crippen molar-refractivity contribution >= 4 is 11.6 Å². The first-order valence-corrected chi connectivity index (χ1v) is 5.24. The van der Waals surface area contributed by atoms with Crippen molar-refractivity contribution in [2.75, 3.05) is 6.79 Å². The lowest BCUT2D eigenvalue weighted by Crippen LogP contribution is -1.93. The number of hydrogen-bond donors (Lipinski definition) is 0. The molecular formula is C11H7ClN2O3. The van der Waals surface area contributed by atoms with E-state index in [1.807, 2.05) is 0 Å². The van der Waals surface area contributed by atoms with Crippen LogP contribution in [0, 0.1) is 0 Å². The van der Waals surface area contributed by atoms with Gasteiger partial charge in [0.25, 0.3) is 0 Å². The second-order valence-corrected chi connectivity index (χ2v) is 3.68. The lowest BCUT2D eigenvalue weighted by molar-refractivity contribution is 0.174. The van der Waals surface area contributed by atoms with Gasteiger partial charge in [0.05, 0.1) is 12.4 Å². The van der Waals surface area contributed by atoms with Gasteiger partial charge in [0, 0.05) is 6.07 Å². The molecule has 2 aromatic rings. The summed E-state index contributed by atoms with van der Waals surface area (Å²) in [6.45, 7) is 0.232. The molecule has 0 atom stereocenters. The molecule has 0 spiro atoms. The molecule has 5 nitrogen and oxygen atoms in total. The van der Waals surface area contributed by atoms with Crippen molar-refractivity contribution in [3.8, 4) is 23.1 Å². The van der Waals surface area contributed by atoms with Gasteiger partial charge in [-0.1, -0.05) is 11.6 Å². The average Bonchev–Trinajstić information content (AvgIpc) is 2.76. The van der Waals surface area contributed by atoms with Crippen LogP contribution in [0.25, 0.3) is 0 Å². The van der Waals surface area contributed by atoms with Gasteiger partial charge < -0.3 is 14.2 Å². The molecule has 0 radical (unpaired) electrons. The maximum atomic E-state index is 5.71. The molecule has 3 rings (SSSR count). The Hall–Kier alpha value is -2.01. The lowest BCUT2D eigenvalue weighted by atomic mass is 10.3. The van der Waals surface area contributed by atoms with Gasteiger partial charge in [0.1, 0.15) is 5.75 Å². The van der Waals surface area contributed by atoms with Crippen LogP contribution in [0.1, 0.15) is 0 Å². The summed E-state index contributed by atoms with van der Waals surface area (Å²) in [6.07, 6.45) is 2.92. The molecule has 0 unspecified atom stereocenters. The number of hydrogen-bond acceptors (Lipinski definition) is 5. The van der Waals surface area contributed by atoms with Crippen molar-refractivity contribution in [2.24, 2.45) is 0 Å². The highest BCUT2D eigenvalue weighted by Crippen LogP contribution is 2.36. The minimum atomic E-state index is 0.232. The molecule has 17 heavy (non-hydrogen) atoms. The number of rotatable bonds is 2. The van der Waals surface area contributed by atoms with Crippen LogP contribution in [0.15, 0.2) is 30.6 Å². The highest BCUT2D eigenvalue weighted by molar-refractivity contribution is 6.29. The van der Waals surface area contributed by atoms with E-state index in [1.54, 1.807) is 18.2 Å². The molecule has 0 saturated carbocycles. The molecule has 6 heteroatoms. The van der Waals surface area contributed by atoms with Gasteiger partial charge >= 0.3 is 0 Å². The predicted octanol–water partition coefficient (Wildman–Crippen LogP) is 2.65. The topological polar surface area (TPSA) is 53.5 Å². The van der Waals surface area contributed by atoms with Crippen LogP contribution in [-0.2, 0) is 0 Å². The molecule has 0 aliphatic carbocycles. The van der Waals surface area contributed by atoms with E-state index >= 15 is 0 Å². The number of nitrogens with zero attached hydrogens (tertiary/aromatic N) is 2. The molecular weight excluding hydrogens is 244 g/mol. The van der Waals surface area contributed by atoms with Crippen LogP contribution in [0.2, 0.25) is 5.15 Å².